The van der Waals surface area contributed by atoms with Crippen molar-refractivity contribution in [1.82, 2.24) is 0 Å². The molecule has 1 aliphatic carbocycles. The number of aliphatic hydroxyl groups is 1. The summed E-state index contributed by atoms with van der Waals surface area (Å²) < 4.78 is 0. The molecule has 1 unspecified atom stereocenters. The minimum absolute atomic E-state index is 0.00958. The molecule has 1 aliphatic rings. The smallest absolute Gasteiger partial charge is 0.304 e. The predicted molar refractivity (Wildman–Crippen MR) is 44.7 cm³/mol. The normalized spacial score (nSPS) is 27.4. The van der Waals surface area contributed by atoms with Gasteiger partial charge in [0.05, 0.1) is 13.0 Å². The van der Waals surface area contributed by atoms with Gasteiger partial charge in [-0.05, 0) is 6.42 Å². The molecule has 2 N–H and O–H groups in total. The third-order valence-corrected chi connectivity index (χ3v) is 2.04. The van der Waals surface area contributed by atoms with Crippen LogP contribution in [0.25, 0.3) is 0 Å². The summed E-state index contributed by atoms with van der Waals surface area (Å²) in [4.78, 5) is 10.5. The summed E-state index contributed by atoms with van der Waals surface area (Å²) in [6, 6.07) is 0. The van der Waals surface area contributed by atoms with Crippen LogP contribution in [-0.2, 0) is 4.79 Å². The molecule has 1 rings (SSSR count). The Hall–Kier alpha value is -1.09. The van der Waals surface area contributed by atoms with Gasteiger partial charge in [0.15, 0.2) is 0 Å². The van der Waals surface area contributed by atoms with Crippen LogP contribution in [0.2, 0.25) is 0 Å². The third kappa shape index (κ3) is 1.95. The Morgan fingerprint density at radius 3 is 2.67 bits per heavy atom. The zero-order chi connectivity index (χ0) is 9.03. The molecular weight excluding hydrogens is 156 g/mol. The SMILES string of the molecule is O=C(O)CC1(CO)C=CC=CC1. The van der Waals surface area contributed by atoms with Crippen LogP contribution in [0.15, 0.2) is 24.3 Å². The fourth-order valence-corrected chi connectivity index (χ4v) is 1.31. The topological polar surface area (TPSA) is 57.5 Å². The van der Waals surface area contributed by atoms with Crippen LogP contribution in [0.3, 0.4) is 0 Å². The largest absolute Gasteiger partial charge is 0.481 e. The van der Waals surface area contributed by atoms with Crippen LogP contribution in [0.5, 0.6) is 0 Å². The number of hydrogen-bond donors (Lipinski definition) is 2. The second kappa shape index (κ2) is 3.54. The maximum Gasteiger partial charge on any atom is 0.304 e. The van der Waals surface area contributed by atoms with E-state index in [1.807, 2.05) is 12.2 Å². The van der Waals surface area contributed by atoms with Crippen LogP contribution in [-0.4, -0.2) is 22.8 Å². The summed E-state index contributed by atoms with van der Waals surface area (Å²) in [5.41, 5.74) is -0.569. The molecule has 0 aromatic rings. The van der Waals surface area contributed by atoms with Gasteiger partial charge in [-0.25, -0.2) is 0 Å². The Bertz CT molecular complexity index is 230. The lowest BCUT2D eigenvalue weighted by atomic mass is 9.79. The van der Waals surface area contributed by atoms with E-state index in [1.165, 1.54) is 0 Å². The number of carboxylic acid groups (broad SMARTS) is 1. The molecule has 0 heterocycles. The molecule has 0 aliphatic heterocycles. The van der Waals surface area contributed by atoms with E-state index in [1.54, 1.807) is 12.2 Å². The molecule has 3 heteroatoms. The molecular formula is C9H12O3. The first-order valence-electron chi connectivity index (χ1n) is 3.86. The zero-order valence-electron chi connectivity index (χ0n) is 6.73. The summed E-state index contributed by atoms with van der Waals surface area (Å²) in [7, 11) is 0. The zero-order valence-corrected chi connectivity index (χ0v) is 6.73. The van der Waals surface area contributed by atoms with Crippen molar-refractivity contribution < 1.29 is 15.0 Å². The van der Waals surface area contributed by atoms with Crippen LogP contribution >= 0.6 is 0 Å². The summed E-state index contributed by atoms with van der Waals surface area (Å²) >= 11 is 0. The van der Waals surface area contributed by atoms with Gasteiger partial charge in [0.2, 0.25) is 0 Å². The quantitative estimate of drug-likeness (QED) is 0.659. The highest BCUT2D eigenvalue weighted by molar-refractivity contribution is 5.68. The van der Waals surface area contributed by atoms with Gasteiger partial charge in [-0.1, -0.05) is 24.3 Å². The van der Waals surface area contributed by atoms with E-state index >= 15 is 0 Å². The minimum atomic E-state index is -0.871. The maximum absolute atomic E-state index is 10.5. The first-order chi connectivity index (χ1) is 5.68. The monoisotopic (exact) mass is 168 g/mol. The number of carboxylic acids is 1. The first-order valence-corrected chi connectivity index (χ1v) is 3.86. The lowest BCUT2D eigenvalue weighted by Crippen LogP contribution is -2.26. The van der Waals surface area contributed by atoms with Crippen molar-refractivity contribution in [2.75, 3.05) is 6.61 Å². The fourth-order valence-electron chi connectivity index (χ4n) is 1.31. The van der Waals surface area contributed by atoms with Crippen molar-refractivity contribution in [2.45, 2.75) is 12.8 Å². The number of aliphatic carboxylic acids is 1. The van der Waals surface area contributed by atoms with E-state index in [2.05, 4.69) is 0 Å². The van der Waals surface area contributed by atoms with Gasteiger partial charge < -0.3 is 10.2 Å². The molecule has 1 atom stereocenters. The number of aliphatic hydroxyl groups excluding tert-OH is 1. The standard InChI is InChI=1S/C9H12O3/c10-7-9(6-8(11)12)4-2-1-3-5-9/h1-4,10H,5-7H2,(H,11,12). The molecule has 0 aromatic carbocycles. The lowest BCUT2D eigenvalue weighted by molar-refractivity contribution is -0.139. The molecule has 0 saturated carbocycles. The van der Waals surface area contributed by atoms with E-state index in [4.69, 9.17) is 10.2 Å². The number of allylic oxidation sites excluding steroid dienone is 3. The predicted octanol–water partition coefficient (Wildman–Crippen LogP) is 0.956. The first kappa shape index (κ1) is 9.00. The average Bonchev–Trinajstić information content (AvgIpc) is 2.05. The fraction of sp³-hybridized carbons (Fsp3) is 0.444. The van der Waals surface area contributed by atoms with Gasteiger partial charge in [0, 0.05) is 5.41 Å². The molecule has 0 aromatic heterocycles. The molecule has 0 radical (unpaired) electrons. The van der Waals surface area contributed by atoms with E-state index < -0.39 is 11.4 Å². The van der Waals surface area contributed by atoms with Crippen LogP contribution in [0, 0.1) is 5.41 Å². The van der Waals surface area contributed by atoms with Crippen LogP contribution in [0.4, 0.5) is 0 Å². The van der Waals surface area contributed by atoms with E-state index in [-0.39, 0.29) is 13.0 Å². The van der Waals surface area contributed by atoms with E-state index in [9.17, 15) is 4.79 Å². The van der Waals surface area contributed by atoms with Crippen molar-refractivity contribution in [1.29, 1.82) is 0 Å². The molecule has 3 nitrogen and oxygen atoms in total. The molecule has 0 bridgehead atoms. The molecule has 12 heavy (non-hydrogen) atoms. The maximum atomic E-state index is 10.5. The lowest BCUT2D eigenvalue weighted by Gasteiger charge is -2.26. The molecule has 0 fully saturated rings. The van der Waals surface area contributed by atoms with Gasteiger partial charge in [0.1, 0.15) is 0 Å². The molecule has 0 saturated heterocycles. The van der Waals surface area contributed by atoms with Gasteiger partial charge in [-0.15, -0.1) is 0 Å². The molecule has 66 valence electrons. The Morgan fingerprint density at radius 2 is 2.25 bits per heavy atom. The van der Waals surface area contributed by atoms with Crippen molar-refractivity contribution in [3.63, 3.8) is 0 Å². The number of carbonyl (C=O) groups is 1. The molecule has 0 amide bonds. The summed E-state index contributed by atoms with van der Waals surface area (Å²) in [6.45, 7) is -0.111. The van der Waals surface area contributed by atoms with Gasteiger partial charge in [-0.3, -0.25) is 4.79 Å². The van der Waals surface area contributed by atoms with E-state index in [0.717, 1.165) is 0 Å². The Kier molecular flexibility index (Phi) is 2.65. The second-order valence-electron chi connectivity index (χ2n) is 3.08. The highest BCUT2D eigenvalue weighted by atomic mass is 16.4. The summed E-state index contributed by atoms with van der Waals surface area (Å²) in [5.74, 6) is -0.871. The minimum Gasteiger partial charge on any atom is -0.481 e. The number of rotatable bonds is 3. The van der Waals surface area contributed by atoms with Crippen molar-refractivity contribution in [2.24, 2.45) is 5.41 Å². The van der Waals surface area contributed by atoms with Gasteiger partial charge in [-0.2, -0.15) is 0 Å². The summed E-state index contributed by atoms with van der Waals surface area (Å²) in [6.07, 6.45) is 7.87. The Morgan fingerprint density at radius 1 is 1.50 bits per heavy atom. The molecule has 0 spiro atoms. The van der Waals surface area contributed by atoms with Gasteiger partial charge >= 0.3 is 5.97 Å². The Balaban J connectivity index is 2.69. The third-order valence-electron chi connectivity index (χ3n) is 2.04. The average molecular weight is 168 g/mol. The highest BCUT2D eigenvalue weighted by Gasteiger charge is 2.29. The summed E-state index contributed by atoms with van der Waals surface area (Å²) in [5, 5.41) is 17.6. The van der Waals surface area contributed by atoms with Crippen molar-refractivity contribution in [3.8, 4) is 0 Å². The van der Waals surface area contributed by atoms with Gasteiger partial charge in [0.25, 0.3) is 0 Å². The number of hydrogen-bond acceptors (Lipinski definition) is 2. The van der Waals surface area contributed by atoms with Crippen LogP contribution < -0.4 is 0 Å². The second-order valence-corrected chi connectivity index (χ2v) is 3.08. The van der Waals surface area contributed by atoms with Crippen molar-refractivity contribution in [3.05, 3.63) is 24.3 Å². The van der Waals surface area contributed by atoms with E-state index in [0.29, 0.717) is 6.42 Å². The van der Waals surface area contributed by atoms with Crippen LogP contribution in [0.1, 0.15) is 12.8 Å². The Labute approximate surface area is 71.0 Å². The van der Waals surface area contributed by atoms with Crippen molar-refractivity contribution >= 4 is 5.97 Å². The highest BCUT2D eigenvalue weighted by Crippen LogP contribution is 2.30.